The van der Waals surface area contributed by atoms with Crippen LogP contribution >= 0.6 is 11.3 Å². The number of aromatic nitrogens is 3. The van der Waals surface area contributed by atoms with Crippen molar-refractivity contribution in [3.05, 3.63) is 56.7 Å². The second-order valence-corrected chi connectivity index (χ2v) is 8.22. The predicted molar refractivity (Wildman–Crippen MR) is 104 cm³/mol. The molecule has 6 nitrogen and oxygen atoms in total. The SMILES string of the molecule is C[C@H]1CCc2c(sc3nnn([C@H](C)C(=O)OCc4ccccc4)c(=O)c23)C1. The molecule has 0 radical (unpaired) electrons. The standard InChI is InChI=1S/C20H21N3O3S/c1-12-8-9-15-16(10-12)27-18-17(15)19(24)23(22-21-18)13(2)20(25)26-11-14-6-4-3-5-7-14/h3-7,12-13H,8-11H2,1-2H3/t12-,13+/m0/s1. The minimum atomic E-state index is -0.823. The van der Waals surface area contributed by atoms with Gasteiger partial charge < -0.3 is 4.74 Å². The first-order valence-electron chi connectivity index (χ1n) is 9.15. The average Bonchev–Trinajstić information content (AvgIpc) is 3.05. The lowest BCUT2D eigenvalue weighted by atomic mass is 9.89. The van der Waals surface area contributed by atoms with Gasteiger partial charge in [-0.25, -0.2) is 4.79 Å². The Morgan fingerprint density at radius 3 is 2.93 bits per heavy atom. The molecule has 0 saturated heterocycles. The summed E-state index contributed by atoms with van der Waals surface area (Å²) in [4.78, 5) is 27.3. The van der Waals surface area contributed by atoms with Crippen molar-refractivity contribution < 1.29 is 9.53 Å². The first-order chi connectivity index (χ1) is 13.0. The van der Waals surface area contributed by atoms with Gasteiger partial charge in [-0.3, -0.25) is 4.79 Å². The Labute approximate surface area is 160 Å². The van der Waals surface area contributed by atoms with Crippen molar-refractivity contribution >= 4 is 27.5 Å². The number of nitrogens with zero attached hydrogens (tertiary/aromatic N) is 3. The molecule has 27 heavy (non-hydrogen) atoms. The number of benzene rings is 1. The lowest BCUT2D eigenvalue weighted by Gasteiger charge is -2.17. The average molecular weight is 383 g/mol. The number of hydrogen-bond acceptors (Lipinski definition) is 6. The summed E-state index contributed by atoms with van der Waals surface area (Å²) >= 11 is 1.55. The fourth-order valence-electron chi connectivity index (χ4n) is 3.47. The van der Waals surface area contributed by atoms with Gasteiger partial charge in [0.1, 0.15) is 6.61 Å². The molecular weight excluding hydrogens is 362 g/mol. The number of ether oxygens (including phenoxy) is 1. The van der Waals surface area contributed by atoms with E-state index in [1.165, 1.54) is 4.88 Å². The van der Waals surface area contributed by atoms with Gasteiger partial charge in [-0.05, 0) is 43.2 Å². The molecule has 1 aliphatic rings. The molecule has 0 N–H and O–H groups in total. The highest BCUT2D eigenvalue weighted by molar-refractivity contribution is 7.18. The van der Waals surface area contributed by atoms with Crippen molar-refractivity contribution in [3.63, 3.8) is 0 Å². The van der Waals surface area contributed by atoms with E-state index >= 15 is 0 Å². The smallest absolute Gasteiger partial charge is 0.331 e. The maximum absolute atomic E-state index is 13.0. The van der Waals surface area contributed by atoms with Crippen molar-refractivity contribution in [1.29, 1.82) is 0 Å². The topological polar surface area (TPSA) is 74.1 Å². The van der Waals surface area contributed by atoms with Crippen LogP contribution in [-0.4, -0.2) is 21.0 Å². The van der Waals surface area contributed by atoms with E-state index in [1.807, 2.05) is 30.3 Å². The van der Waals surface area contributed by atoms with Gasteiger partial charge in [0.15, 0.2) is 10.9 Å². The number of fused-ring (bicyclic) bond motifs is 3. The summed E-state index contributed by atoms with van der Waals surface area (Å²) in [6, 6.07) is 8.62. The third-order valence-corrected chi connectivity index (χ3v) is 6.22. The summed E-state index contributed by atoms with van der Waals surface area (Å²) < 4.78 is 6.51. The van der Waals surface area contributed by atoms with E-state index in [0.717, 1.165) is 35.1 Å². The molecule has 0 fully saturated rings. The van der Waals surface area contributed by atoms with Crippen molar-refractivity contribution in [2.24, 2.45) is 5.92 Å². The zero-order valence-electron chi connectivity index (χ0n) is 15.3. The summed E-state index contributed by atoms with van der Waals surface area (Å²) in [5, 5.41) is 8.85. The van der Waals surface area contributed by atoms with E-state index in [0.29, 0.717) is 16.1 Å². The van der Waals surface area contributed by atoms with Crippen LogP contribution in [0, 0.1) is 5.92 Å². The molecule has 0 bridgehead atoms. The van der Waals surface area contributed by atoms with E-state index in [2.05, 4.69) is 17.2 Å². The molecule has 0 amide bonds. The molecule has 2 atom stereocenters. The largest absolute Gasteiger partial charge is 0.459 e. The van der Waals surface area contributed by atoms with Gasteiger partial charge in [0, 0.05) is 4.88 Å². The Morgan fingerprint density at radius 2 is 2.15 bits per heavy atom. The lowest BCUT2D eigenvalue weighted by molar-refractivity contribution is -0.148. The summed E-state index contributed by atoms with van der Waals surface area (Å²) in [7, 11) is 0. The summed E-state index contributed by atoms with van der Waals surface area (Å²) in [5.74, 6) is 0.125. The summed E-state index contributed by atoms with van der Waals surface area (Å²) in [6.07, 6.45) is 2.92. The van der Waals surface area contributed by atoms with Gasteiger partial charge >= 0.3 is 5.97 Å². The molecule has 0 spiro atoms. The third kappa shape index (κ3) is 3.39. The van der Waals surface area contributed by atoms with Crippen molar-refractivity contribution in [3.8, 4) is 0 Å². The van der Waals surface area contributed by atoms with Gasteiger partial charge in [0.25, 0.3) is 5.56 Å². The van der Waals surface area contributed by atoms with Crippen LogP contribution in [-0.2, 0) is 29.0 Å². The molecule has 0 aliphatic heterocycles. The van der Waals surface area contributed by atoms with Crippen LogP contribution < -0.4 is 5.56 Å². The van der Waals surface area contributed by atoms with Gasteiger partial charge in [0.05, 0.1) is 5.39 Å². The Morgan fingerprint density at radius 1 is 1.37 bits per heavy atom. The molecule has 0 saturated carbocycles. The van der Waals surface area contributed by atoms with Crippen LogP contribution in [0.15, 0.2) is 35.1 Å². The van der Waals surface area contributed by atoms with E-state index in [-0.39, 0.29) is 12.2 Å². The Hall–Kier alpha value is -2.54. The summed E-state index contributed by atoms with van der Waals surface area (Å²) in [5.41, 5.74) is 1.73. The minimum Gasteiger partial charge on any atom is -0.459 e. The monoisotopic (exact) mass is 383 g/mol. The number of aryl methyl sites for hydroxylation is 1. The lowest BCUT2D eigenvalue weighted by Crippen LogP contribution is -2.32. The zero-order valence-corrected chi connectivity index (χ0v) is 16.2. The quantitative estimate of drug-likeness (QED) is 0.647. The minimum absolute atomic E-state index is 0.167. The van der Waals surface area contributed by atoms with Gasteiger partial charge in [-0.15, -0.1) is 16.4 Å². The predicted octanol–water partition coefficient (Wildman–Crippen LogP) is 3.28. The number of rotatable bonds is 4. The van der Waals surface area contributed by atoms with Crippen LogP contribution in [0.1, 0.15) is 42.3 Å². The molecule has 4 rings (SSSR count). The number of esters is 1. The molecule has 3 aromatic rings. The van der Waals surface area contributed by atoms with Crippen molar-refractivity contribution in [2.45, 2.75) is 45.8 Å². The summed E-state index contributed by atoms with van der Waals surface area (Å²) in [6.45, 7) is 4.01. The Bertz CT molecular complexity index is 1040. The fraction of sp³-hybridized carbons (Fsp3) is 0.400. The van der Waals surface area contributed by atoms with Crippen LogP contribution in [0.25, 0.3) is 10.2 Å². The highest BCUT2D eigenvalue weighted by Gasteiger charge is 2.26. The number of thiophene rings is 1. The molecule has 2 aromatic heterocycles. The first-order valence-corrected chi connectivity index (χ1v) is 9.96. The second-order valence-electron chi connectivity index (χ2n) is 7.14. The van der Waals surface area contributed by atoms with Crippen molar-refractivity contribution in [2.75, 3.05) is 0 Å². The van der Waals surface area contributed by atoms with Crippen LogP contribution in [0.2, 0.25) is 0 Å². The zero-order chi connectivity index (χ0) is 19.0. The number of carbonyl (C=O) groups excluding carboxylic acids is 1. The van der Waals surface area contributed by atoms with E-state index in [1.54, 1.807) is 18.3 Å². The first kappa shape index (κ1) is 17.9. The molecule has 0 unspecified atom stereocenters. The fourth-order valence-corrected chi connectivity index (χ4v) is 4.79. The number of hydrogen-bond donors (Lipinski definition) is 0. The van der Waals surface area contributed by atoms with Gasteiger partial charge in [-0.1, -0.05) is 42.5 Å². The highest BCUT2D eigenvalue weighted by atomic mass is 32.1. The second kappa shape index (κ2) is 7.23. The Kier molecular flexibility index (Phi) is 4.78. The maximum Gasteiger partial charge on any atom is 0.331 e. The molecule has 140 valence electrons. The van der Waals surface area contributed by atoms with Crippen LogP contribution in [0.4, 0.5) is 0 Å². The maximum atomic E-state index is 13.0. The van der Waals surface area contributed by atoms with Crippen LogP contribution in [0.5, 0.6) is 0 Å². The van der Waals surface area contributed by atoms with Crippen LogP contribution in [0.3, 0.4) is 0 Å². The highest BCUT2D eigenvalue weighted by Crippen LogP contribution is 2.35. The van der Waals surface area contributed by atoms with E-state index in [4.69, 9.17) is 4.74 Å². The van der Waals surface area contributed by atoms with E-state index < -0.39 is 12.0 Å². The molecule has 1 aliphatic carbocycles. The van der Waals surface area contributed by atoms with Crippen molar-refractivity contribution in [1.82, 2.24) is 15.0 Å². The van der Waals surface area contributed by atoms with Gasteiger partial charge in [0.2, 0.25) is 0 Å². The molecule has 7 heteroatoms. The van der Waals surface area contributed by atoms with Gasteiger partial charge in [-0.2, -0.15) is 4.68 Å². The van der Waals surface area contributed by atoms with E-state index in [9.17, 15) is 9.59 Å². The Balaban J connectivity index is 1.60. The molecule has 2 heterocycles. The molecule has 1 aromatic carbocycles. The number of carbonyl (C=O) groups is 1. The third-order valence-electron chi connectivity index (χ3n) is 5.08. The molecular formula is C20H21N3O3S. The normalized spacial score (nSPS) is 17.5.